The van der Waals surface area contributed by atoms with E-state index in [4.69, 9.17) is 10.4 Å². The first-order chi connectivity index (χ1) is 7.83. The molecule has 92 valence electrons. The van der Waals surface area contributed by atoms with Crippen LogP contribution in [0.5, 0.6) is 0 Å². The van der Waals surface area contributed by atoms with Crippen LogP contribution in [0.2, 0.25) is 0 Å². The van der Waals surface area contributed by atoms with E-state index in [0.29, 0.717) is 17.9 Å². The van der Waals surface area contributed by atoms with E-state index < -0.39 is 10.2 Å². The van der Waals surface area contributed by atoms with Crippen molar-refractivity contribution in [2.75, 3.05) is 4.72 Å². The second-order valence-corrected chi connectivity index (χ2v) is 5.49. The molecule has 0 saturated carbocycles. The van der Waals surface area contributed by atoms with E-state index in [9.17, 15) is 8.42 Å². The highest BCUT2D eigenvalue weighted by Gasteiger charge is 2.12. The number of benzene rings is 1. The third kappa shape index (κ3) is 4.06. The zero-order chi connectivity index (χ0) is 13.1. The van der Waals surface area contributed by atoms with Crippen LogP contribution in [-0.4, -0.2) is 8.42 Å². The fraction of sp³-hybridized carbons (Fsp3) is 0.364. The summed E-state index contributed by atoms with van der Waals surface area (Å²) >= 11 is 0. The maximum atomic E-state index is 11.0. The van der Waals surface area contributed by atoms with Gasteiger partial charge in [0, 0.05) is 0 Å². The Hall–Kier alpha value is -1.58. The summed E-state index contributed by atoms with van der Waals surface area (Å²) in [6.07, 6.45) is 0.711. The highest BCUT2D eigenvalue weighted by atomic mass is 32.2. The number of nitrogens with two attached hydrogens (primary N) is 1. The van der Waals surface area contributed by atoms with Crippen molar-refractivity contribution in [2.45, 2.75) is 20.3 Å². The highest BCUT2D eigenvalue weighted by Crippen LogP contribution is 2.22. The average molecular weight is 253 g/mol. The Balaban J connectivity index is 3.20. The van der Waals surface area contributed by atoms with Gasteiger partial charge in [-0.3, -0.25) is 4.72 Å². The van der Waals surface area contributed by atoms with Crippen molar-refractivity contribution in [3.05, 3.63) is 29.3 Å². The summed E-state index contributed by atoms with van der Waals surface area (Å²) in [6.45, 7) is 4.06. The normalized spacial score (nSPS) is 11.2. The van der Waals surface area contributed by atoms with Crippen LogP contribution < -0.4 is 9.86 Å². The zero-order valence-electron chi connectivity index (χ0n) is 9.77. The van der Waals surface area contributed by atoms with Crippen LogP contribution in [0.25, 0.3) is 0 Å². The van der Waals surface area contributed by atoms with Gasteiger partial charge in [-0.25, -0.2) is 5.14 Å². The molecule has 3 N–H and O–H groups in total. The smallest absolute Gasteiger partial charge is 0.270 e. The molecule has 0 fully saturated rings. The number of nitrogens with one attached hydrogen (secondary N) is 1. The Morgan fingerprint density at radius 1 is 1.47 bits per heavy atom. The molecule has 0 heterocycles. The molecule has 0 bridgehead atoms. The Morgan fingerprint density at radius 3 is 2.59 bits per heavy atom. The zero-order valence-corrected chi connectivity index (χ0v) is 10.6. The highest BCUT2D eigenvalue weighted by molar-refractivity contribution is 7.90. The van der Waals surface area contributed by atoms with Gasteiger partial charge in [-0.1, -0.05) is 26.0 Å². The summed E-state index contributed by atoms with van der Waals surface area (Å²) in [5.41, 5.74) is 1.37. The van der Waals surface area contributed by atoms with E-state index >= 15 is 0 Å². The predicted octanol–water partition coefficient (Wildman–Crippen LogP) is 1.37. The molecule has 17 heavy (non-hydrogen) atoms. The number of hydrogen-bond acceptors (Lipinski definition) is 3. The van der Waals surface area contributed by atoms with Crippen molar-refractivity contribution in [2.24, 2.45) is 11.1 Å². The lowest BCUT2D eigenvalue weighted by atomic mass is 9.97. The first-order valence-corrected chi connectivity index (χ1v) is 6.70. The third-order valence-electron chi connectivity index (χ3n) is 2.14. The van der Waals surface area contributed by atoms with Crippen molar-refractivity contribution < 1.29 is 8.42 Å². The molecule has 0 amide bonds. The van der Waals surface area contributed by atoms with Gasteiger partial charge in [0.2, 0.25) is 0 Å². The molecule has 1 aromatic carbocycles. The van der Waals surface area contributed by atoms with Gasteiger partial charge in [0.25, 0.3) is 10.2 Å². The topological polar surface area (TPSA) is 96.0 Å². The first-order valence-electron chi connectivity index (χ1n) is 5.16. The van der Waals surface area contributed by atoms with Crippen molar-refractivity contribution in [3.63, 3.8) is 0 Å². The Morgan fingerprint density at radius 2 is 2.12 bits per heavy atom. The van der Waals surface area contributed by atoms with Crippen LogP contribution in [0.15, 0.2) is 18.2 Å². The molecule has 0 aliphatic carbocycles. The number of nitrogens with zero attached hydrogens (tertiary/aromatic N) is 1. The van der Waals surface area contributed by atoms with E-state index in [1.807, 2.05) is 26.0 Å². The second kappa shape index (κ2) is 5.17. The van der Waals surface area contributed by atoms with Gasteiger partial charge in [-0.2, -0.15) is 13.7 Å². The summed E-state index contributed by atoms with van der Waals surface area (Å²) in [5, 5.41) is 14.0. The first kappa shape index (κ1) is 13.5. The van der Waals surface area contributed by atoms with Crippen LogP contribution in [0, 0.1) is 17.2 Å². The van der Waals surface area contributed by atoms with Gasteiger partial charge in [-0.05, 0) is 24.0 Å². The predicted molar refractivity (Wildman–Crippen MR) is 66.4 cm³/mol. The van der Waals surface area contributed by atoms with E-state index in [2.05, 4.69) is 4.72 Å². The second-order valence-electron chi connectivity index (χ2n) is 4.20. The molecular formula is C11H15N3O2S. The SMILES string of the molecule is CC(C)Cc1cccc(NS(N)(=O)=O)c1C#N. The molecule has 6 heteroatoms. The molecule has 0 atom stereocenters. The van der Waals surface area contributed by atoms with Crippen LogP contribution in [-0.2, 0) is 16.6 Å². The fourth-order valence-corrected chi connectivity index (χ4v) is 2.06. The molecule has 0 aliphatic heterocycles. The lowest BCUT2D eigenvalue weighted by molar-refractivity contribution is 0.603. The minimum absolute atomic E-state index is 0.230. The maximum Gasteiger partial charge on any atom is 0.296 e. The number of rotatable bonds is 4. The molecule has 1 rings (SSSR count). The van der Waals surface area contributed by atoms with E-state index in [0.717, 1.165) is 5.56 Å². The molecule has 0 saturated heterocycles. The van der Waals surface area contributed by atoms with Gasteiger partial charge < -0.3 is 0 Å². The van der Waals surface area contributed by atoms with Crippen molar-refractivity contribution in [3.8, 4) is 6.07 Å². The lowest BCUT2D eigenvalue weighted by Crippen LogP contribution is -2.22. The summed E-state index contributed by atoms with van der Waals surface area (Å²) in [4.78, 5) is 0. The largest absolute Gasteiger partial charge is 0.296 e. The Bertz CT molecular complexity index is 544. The van der Waals surface area contributed by atoms with Gasteiger partial charge in [-0.15, -0.1) is 0 Å². The minimum atomic E-state index is -3.86. The monoisotopic (exact) mass is 253 g/mol. The number of nitriles is 1. The van der Waals surface area contributed by atoms with Gasteiger partial charge in [0.05, 0.1) is 11.3 Å². The van der Waals surface area contributed by atoms with E-state index in [1.165, 1.54) is 6.07 Å². The maximum absolute atomic E-state index is 11.0. The van der Waals surface area contributed by atoms with Crippen molar-refractivity contribution in [1.82, 2.24) is 0 Å². The number of anilines is 1. The van der Waals surface area contributed by atoms with Crippen LogP contribution in [0.3, 0.4) is 0 Å². The summed E-state index contributed by atoms with van der Waals surface area (Å²) in [6, 6.07) is 7.04. The molecule has 0 aromatic heterocycles. The summed E-state index contributed by atoms with van der Waals surface area (Å²) in [7, 11) is -3.86. The number of hydrogen-bond donors (Lipinski definition) is 2. The van der Waals surface area contributed by atoms with E-state index in [1.54, 1.807) is 6.07 Å². The third-order valence-corrected chi connectivity index (χ3v) is 2.65. The van der Waals surface area contributed by atoms with E-state index in [-0.39, 0.29) is 5.69 Å². The molecule has 0 unspecified atom stereocenters. The van der Waals surface area contributed by atoms with Crippen LogP contribution in [0.4, 0.5) is 5.69 Å². The van der Waals surface area contributed by atoms with Crippen molar-refractivity contribution in [1.29, 1.82) is 5.26 Å². The molecule has 0 radical (unpaired) electrons. The van der Waals surface area contributed by atoms with Crippen LogP contribution >= 0.6 is 0 Å². The molecule has 0 aliphatic rings. The molecule has 5 nitrogen and oxygen atoms in total. The van der Waals surface area contributed by atoms with Crippen molar-refractivity contribution >= 4 is 15.9 Å². The van der Waals surface area contributed by atoms with Crippen LogP contribution in [0.1, 0.15) is 25.0 Å². The summed E-state index contributed by atoms with van der Waals surface area (Å²) in [5.74, 6) is 0.381. The van der Waals surface area contributed by atoms with Gasteiger partial charge in [0.15, 0.2) is 0 Å². The Labute approximate surface area is 101 Å². The fourth-order valence-electron chi connectivity index (χ4n) is 1.58. The quantitative estimate of drug-likeness (QED) is 0.848. The summed E-state index contributed by atoms with van der Waals surface area (Å²) < 4.78 is 24.1. The minimum Gasteiger partial charge on any atom is -0.270 e. The Kier molecular flexibility index (Phi) is 4.10. The lowest BCUT2D eigenvalue weighted by Gasteiger charge is -2.11. The molecule has 0 spiro atoms. The average Bonchev–Trinajstić information content (AvgIpc) is 2.14. The van der Waals surface area contributed by atoms with Gasteiger partial charge >= 0.3 is 0 Å². The molecular weight excluding hydrogens is 238 g/mol. The standard InChI is InChI=1S/C11H15N3O2S/c1-8(2)6-9-4-3-5-11(10(9)7-12)14-17(13,15)16/h3-5,8,14H,6H2,1-2H3,(H2,13,15,16). The van der Waals surface area contributed by atoms with Gasteiger partial charge in [0.1, 0.15) is 6.07 Å². The molecule has 1 aromatic rings.